The first kappa shape index (κ1) is 18.7. The van der Waals surface area contributed by atoms with Crippen molar-refractivity contribution in [2.24, 2.45) is 16.5 Å². The lowest BCUT2D eigenvalue weighted by Crippen LogP contribution is -2.41. The molecule has 1 fully saturated rings. The number of amides is 1. The van der Waals surface area contributed by atoms with Gasteiger partial charge in [-0.25, -0.2) is 9.98 Å². The van der Waals surface area contributed by atoms with Crippen molar-refractivity contribution in [3.05, 3.63) is 41.7 Å². The summed E-state index contributed by atoms with van der Waals surface area (Å²) in [7, 11) is 1.59. The van der Waals surface area contributed by atoms with E-state index in [1.54, 1.807) is 37.1 Å². The molecule has 0 bridgehead atoms. The van der Waals surface area contributed by atoms with Gasteiger partial charge in [-0.3, -0.25) is 4.79 Å². The van der Waals surface area contributed by atoms with Gasteiger partial charge < -0.3 is 25.8 Å². The van der Waals surface area contributed by atoms with Crippen molar-refractivity contribution in [3.63, 3.8) is 0 Å². The highest BCUT2D eigenvalue weighted by molar-refractivity contribution is 6.06. The van der Waals surface area contributed by atoms with Gasteiger partial charge >= 0.3 is 0 Å². The van der Waals surface area contributed by atoms with Crippen LogP contribution in [0.5, 0.6) is 5.75 Å². The van der Waals surface area contributed by atoms with Gasteiger partial charge in [0.1, 0.15) is 17.3 Å². The molecule has 2 heterocycles. The van der Waals surface area contributed by atoms with Crippen LogP contribution in [0.4, 0.5) is 5.82 Å². The molecule has 1 aliphatic rings. The van der Waals surface area contributed by atoms with Crippen LogP contribution in [0.3, 0.4) is 0 Å². The van der Waals surface area contributed by atoms with Crippen molar-refractivity contribution < 1.29 is 14.3 Å². The molecule has 1 aliphatic heterocycles. The molecule has 0 radical (unpaired) electrons. The van der Waals surface area contributed by atoms with E-state index in [1.807, 2.05) is 12.1 Å². The molecule has 0 unspecified atom stereocenters. The Morgan fingerprint density at radius 1 is 1.30 bits per heavy atom. The molecule has 8 nitrogen and oxygen atoms in total. The predicted molar refractivity (Wildman–Crippen MR) is 104 cm³/mol. The number of aromatic nitrogens is 1. The zero-order chi connectivity index (χ0) is 19.4. The summed E-state index contributed by atoms with van der Waals surface area (Å²) >= 11 is 0. The summed E-state index contributed by atoms with van der Waals surface area (Å²) in [6.45, 7) is 3.81. The molecule has 0 saturated carbocycles. The average Bonchev–Trinajstić information content (AvgIpc) is 2.66. The Morgan fingerprint density at radius 2 is 2.04 bits per heavy atom. The van der Waals surface area contributed by atoms with Crippen LogP contribution in [0, 0.1) is 0 Å². The minimum absolute atomic E-state index is 0.158. The number of hydrogen-bond donors (Lipinski definition) is 2. The lowest BCUT2D eigenvalue weighted by molar-refractivity contribution is 0.0300. The van der Waals surface area contributed by atoms with Gasteiger partial charge in [0.05, 0.1) is 20.3 Å². The van der Waals surface area contributed by atoms with Crippen LogP contribution in [0.1, 0.15) is 17.4 Å². The molecule has 2 aromatic rings. The number of allylic oxidation sites excluding steroid dienone is 1. The van der Waals surface area contributed by atoms with E-state index in [1.165, 1.54) is 0 Å². The third kappa shape index (κ3) is 4.35. The summed E-state index contributed by atoms with van der Waals surface area (Å²) in [6.07, 6.45) is 1.54. The smallest absolute Gasteiger partial charge is 0.273 e. The van der Waals surface area contributed by atoms with Crippen molar-refractivity contribution in [1.82, 2.24) is 9.88 Å². The third-order valence-electron chi connectivity index (χ3n) is 4.14. The topological polar surface area (TPSA) is 116 Å². The fourth-order valence-corrected chi connectivity index (χ4v) is 2.88. The van der Waals surface area contributed by atoms with E-state index in [4.69, 9.17) is 20.9 Å². The molecule has 27 heavy (non-hydrogen) atoms. The van der Waals surface area contributed by atoms with Crippen molar-refractivity contribution in [3.8, 4) is 5.75 Å². The second-order valence-corrected chi connectivity index (χ2v) is 6.25. The van der Waals surface area contributed by atoms with Gasteiger partial charge in [0.15, 0.2) is 5.82 Å². The number of nitrogens with two attached hydrogens (primary N) is 2. The van der Waals surface area contributed by atoms with Gasteiger partial charge in [0.25, 0.3) is 5.91 Å². The van der Waals surface area contributed by atoms with Crippen molar-refractivity contribution in [1.29, 1.82) is 0 Å². The molecule has 1 aromatic heterocycles. The fourth-order valence-electron chi connectivity index (χ4n) is 2.88. The van der Waals surface area contributed by atoms with Gasteiger partial charge in [-0.2, -0.15) is 0 Å². The number of morpholine rings is 1. The highest BCUT2D eigenvalue weighted by atomic mass is 16.5. The van der Waals surface area contributed by atoms with Gasteiger partial charge in [-0.1, -0.05) is 0 Å². The summed E-state index contributed by atoms with van der Waals surface area (Å²) in [5, 5.41) is 1.52. The number of methoxy groups -OCH3 is 1. The van der Waals surface area contributed by atoms with Crippen LogP contribution in [-0.4, -0.2) is 55.0 Å². The summed E-state index contributed by atoms with van der Waals surface area (Å²) < 4.78 is 10.6. The molecule has 0 spiro atoms. The van der Waals surface area contributed by atoms with Crippen LogP contribution < -0.4 is 16.2 Å². The average molecular weight is 369 g/mol. The molecule has 1 saturated heterocycles. The van der Waals surface area contributed by atoms with Crippen LogP contribution in [0.25, 0.3) is 10.8 Å². The number of rotatable bonds is 4. The predicted octanol–water partition coefficient (Wildman–Crippen LogP) is 1.57. The number of fused-ring (bicyclic) bond motifs is 1. The van der Waals surface area contributed by atoms with Crippen LogP contribution >= 0.6 is 0 Å². The second kappa shape index (κ2) is 8.05. The first-order valence-corrected chi connectivity index (χ1v) is 8.61. The van der Waals surface area contributed by atoms with E-state index in [0.717, 1.165) is 10.8 Å². The van der Waals surface area contributed by atoms with E-state index >= 15 is 0 Å². The Balaban J connectivity index is 2.11. The Kier molecular flexibility index (Phi) is 5.56. The first-order valence-electron chi connectivity index (χ1n) is 8.61. The van der Waals surface area contributed by atoms with Gasteiger partial charge in [-0.15, -0.1) is 0 Å². The second-order valence-electron chi connectivity index (χ2n) is 6.25. The largest absolute Gasteiger partial charge is 0.497 e. The zero-order valence-corrected chi connectivity index (χ0v) is 15.4. The van der Waals surface area contributed by atoms with E-state index in [-0.39, 0.29) is 11.7 Å². The number of pyridine rings is 1. The number of aliphatic imine (C=N–C) groups is 1. The Labute approximate surface area is 157 Å². The van der Waals surface area contributed by atoms with E-state index in [2.05, 4.69) is 9.98 Å². The lowest BCUT2D eigenvalue weighted by Gasteiger charge is -2.27. The highest BCUT2D eigenvalue weighted by Gasteiger charge is 2.22. The minimum Gasteiger partial charge on any atom is -0.497 e. The molecule has 0 atom stereocenters. The van der Waals surface area contributed by atoms with Crippen LogP contribution in [0.2, 0.25) is 0 Å². The maximum absolute atomic E-state index is 13.0. The number of ether oxygens (including phenoxy) is 2. The minimum atomic E-state index is -0.158. The van der Waals surface area contributed by atoms with Crippen molar-refractivity contribution in [2.75, 3.05) is 33.4 Å². The first-order chi connectivity index (χ1) is 13.0. The molecule has 1 amide bonds. The summed E-state index contributed by atoms with van der Waals surface area (Å²) in [4.78, 5) is 23.5. The van der Waals surface area contributed by atoms with Gasteiger partial charge in [0, 0.05) is 24.2 Å². The normalized spacial score (nSPS) is 15.9. The van der Waals surface area contributed by atoms with E-state index in [0.29, 0.717) is 49.3 Å². The summed E-state index contributed by atoms with van der Waals surface area (Å²) in [5.41, 5.74) is 12.4. The number of hydrogen-bond acceptors (Lipinski definition) is 6. The number of benzene rings is 1. The Hall–Kier alpha value is -3.13. The van der Waals surface area contributed by atoms with Crippen molar-refractivity contribution >= 4 is 28.3 Å². The molecule has 0 aliphatic carbocycles. The molecule has 142 valence electrons. The SMILES string of the molecule is COc1ccc2c(C(=O)N3CCOCC3)nc(N=C(N)/C=C(/C)N)cc2c1. The fraction of sp³-hybridized carbons (Fsp3) is 0.316. The maximum atomic E-state index is 13.0. The Morgan fingerprint density at radius 3 is 2.70 bits per heavy atom. The summed E-state index contributed by atoms with van der Waals surface area (Å²) in [6, 6.07) is 7.24. The maximum Gasteiger partial charge on any atom is 0.273 e. The lowest BCUT2D eigenvalue weighted by atomic mass is 10.1. The molecular formula is C19H23N5O3. The monoisotopic (exact) mass is 369 g/mol. The molecule has 4 N–H and O–H groups in total. The van der Waals surface area contributed by atoms with Crippen LogP contribution in [-0.2, 0) is 4.74 Å². The highest BCUT2D eigenvalue weighted by Crippen LogP contribution is 2.27. The quantitative estimate of drug-likeness (QED) is 0.624. The molecular weight excluding hydrogens is 346 g/mol. The standard InChI is InChI=1S/C19H23N5O3/c1-12(20)9-16(21)22-17-11-13-10-14(26-2)3-4-15(13)18(23-17)19(25)24-5-7-27-8-6-24/h3-4,9-11H,5-8,20H2,1-2H3,(H2,21,22,23)/b12-9-. The molecule has 3 rings (SSSR count). The zero-order valence-electron chi connectivity index (χ0n) is 15.4. The van der Waals surface area contributed by atoms with Crippen molar-refractivity contribution in [2.45, 2.75) is 6.92 Å². The number of nitrogens with zero attached hydrogens (tertiary/aromatic N) is 3. The number of carbonyl (C=O) groups excluding carboxylic acids is 1. The van der Waals surface area contributed by atoms with Crippen LogP contribution in [0.15, 0.2) is 41.0 Å². The molecule has 1 aromatic carbocycles. The van der Waals surface area contributed by atoms with Gasteiger partial charge in [-0.05, 0) is 42.7 Å². The van der Waals surface area contributed by atoms with E-state index in [9.17, 15) is 4.79 Å². The van der Waals surface area contributed by atoms with E-state index < -0.39 is 0 Å². The molecule has 8 heteroatoms. The number of carbonyl (C=O) groups is 1. The van der Waals surface area contributed by atoms with Gasteiger partial charge in [0.2, 0.25) is 0 Å². The summed E-state index contributed by atoms with van der Waals surface area (Å²) in [5.74, 6) is 1.07. The Bertz CT molecular complexity index is 913. The number of amidine groups is 1. The third-order valence-corrected chi connectivity index (χ3v) is 4.14.